The smallest absolute Gasteiger partial charge is 0.248 e. The van der Waals surface area contributed by atoms with Crippen LogP contribution in [0, 0.1) is 0 Å². The number of hydrogen-bond acceptors (Lipinski definition) is 4. The van der Waals surface area contributed by atoms with E-state index < -0.39 is 0 Å². The number of rotatable bonds is 4. The number of amides is 1. The van der Waals surface area contributed by atoms with Gasteiger partial charge in [-0.2, -0.15) is 5.43 Å². The Hall–Kier alpha value is -2.96. The lowest BCUT2D eigenvalue weighted by Gasteiger charge is -2.05. The fourth-order valence-corrected chi connectivity index (χ4v) is 2.31. The van der Waals surface area contributed by atoms with Gasteiger partial charge in [0.1, 0.15) is 11.9 Å². The second kappa shape index (κ2) is 7.08. The fourth-order valence-electron chi connectivity index (χ4n) is 2.19. The SMILES string of the molecule is O=C(C=Cc1cnccc1C1=C[NH2+]N=C1)Nc1ccc(Cl)c(O)c1. The molecular formula is C17H14ClN4O2+. The highest BCUT2D eigenvalue weighted by Gasteiger charge is 2.10. The van der Waals surface area contributed by atoms with Crippen molar-refractivity contribution < 1.29 is 15.3 Å². The van der Waals surface area contributed by atoms with E-state index in [-0.39, 0.29) is 16.7 Å². The zero-order chi connectivity index (χ0) is 16.9. The first-order valence-electron chi connectivity index (χ1n) is 7.12. The highest BCUT2D eigenvalue weighted by Crippen LogP contribution is 2.26. The number of nitrogens with two attached hydrogens (primary N) is 1. The van der Waals surface area contributed by atoms with Crippen molar-refractivity contribution in [2.24, 2.45) is 5.10 Å². The van der Waals surface area contributed by atoms with E-state index in [2.05, 4.69) is 15.4 Å². The molecule has 0 fully saturated rings. The zero-order valence-corrected chi connectivity index (χ0v) is 13.2. The van der Waals surface area contributed by atoms with Gasteiger partial charge >= 0.3 is 0 Å². The third-order valence-corrected chi connectivity index (χ3v) is 3.66. The summed E-state index contributed by atoms with van der Waals surface area (Å²) in [6.07, 6.45) is 10.1. The van der Waals surface area contributed by atoms with E-state index in [1.807, 2.05) is 12.3 Å². The summed E-state index contributed by atoms with van der Waals surface area (Å²) in [5.41, 5.74) is 4.87. The number of phenols is 1. The number of hydrogen-bond donors (Lipinski definition) is 3. The summed E-state index contributed by atoms with van der Waals surface area (Å²) in [5.74, 6) is -0.413. The number of anilines is 1. The van der Waals surface area contributed by atoms with Crippen LogP contribution in [0.3, 0.4) is 0 Å². The van der Waals surface area contributed by atoms with E-state index in [0.717, 1.165) is 16.7 Å². The number of allylic oxidation sites excluding steroid dienone is 1. The summed E-state index contributed by atoms with van der Waals surface area (Å²) in [4.78, 5) is 16.1. The quantitative estimate of drug-likeness (QED) is 0.586. The molecular weight excluding hydrogens is 328 g/mol. The lowest BCUT2D eigenvalue weighted by atomic mass is 10.0. The Kier molecular flexibility index (Phi) is 4.69. The van der Waals surface area contributed by atoms with Crippen molar-refractivity contribution in [2.45, 2.75) is 0 Å². The number of benzene rings is 1. The predicted molar refractivity (Wildman–Crippen MR) is 93.4 cm³/mol. The van der Waals surface area contributed by atoms with E-state index in [4.69, 9.17) is 11.6 Å². The van der Waals surface area contributed by atoms with Crippen molar-refractivity contribution in [3.63, 3.8) is 0 Å². The first kappa shape index (κ1) is 15.9. The van der Waals surface area contributed by atoms with Crippen molar-refractivity contribution in [1.29, 1.82) is 0 Å². The molecule has 24 heavy (non-hydrogen) atoms. The van der Waals surface area contributed by atoms with Crippen molar-refractivity contribution in [2.75, 3.05) is 5.32 Å². The Bertz CT molecular complexity index is 875. The lowest BCUT2D eigenvalue weighted by Crippen LogP contribution is -2.69. The van der Waals surface area contributed by atoms with Gasteiger partial charge in [0.05, 0.1) is 16.8 Å². The Balaban J connectivity index is 1.75. The molecule has 0 radical (unpaired) electrons. The first-order valence-corrected chi connectivity index (χ1v) is 7.50. The van der Waals surface area contributed by atoms with Crippen molar-refractivity contribution in [1.82, 2.24) is 4.98 Å². The number of carbonyl (C=O) groups excluding carboxylic acids is 1. The van der Waals surface area contributed by atoms with Gasteiger partial charge in [-0.25, -0.2) is 0 Å². The molecule has 0 spiro atoms. The number of aromatic hydroxyl groups is 1. The molecule has 1 aromatic heterocycles. The summed E-state index contributed by atoms with van der Waals surface area (Å²) < 4.78 is 0. The normalized spacial score (nSPS) is 13.3. The van der Waals surface area contributed by atoms with Crippen molar-refractivity contribution >= 4 is 41.1 Å². The molecule has 2 heterocycles. The van der Waals surface area contributed by atoms with Gasteiger partial charge in [0.25, 0.3) is 0 Å². The summed E-state index contributed by atoms with van der Waals surface area (Å²) >= 11 is 5.74. The third-order valence-electron chi connectivity index (χ3n) is 3.34. The standard InChI is InChI=1S/C17H13ClN4O2/c18-15-3-2-13(7-16(15)23)22-17(24)4-1-11-8-19-6-5-14(11)12-9-20-21-10-12/h1-10,23H,(H,20,21)(H,22,24)/p+1. The predicted octanol–water partition coefficient (Wildman–Crippen LogP) is 2.00. The summed E-state index contributed by atoms with van der Waals surface area (Å²) in [6, 6.07) is 6.38. The Morgan fingerprint density at radius 3 is 2.96 bits per heavy atom. The molecule has 120 valence electrons. The molecule has 2 aromatic rings. The maximum absolute atomic E-state index is 12.0. The molecule has 7 heteroatoms. The molecule has 1 aromatic carbocycles. The number of halogens is 1. The van der Waals surface area contributed by atoms with Crippen LogP contribution in [0.5, 0.6) is 5.75 Å². The van der Waals surface area contributed by atoms with Crippen LogP contribution >= 0.6 is 11.6 Å². The van der Waals surface area contributed by atoms with Crippen LogP contribution in [-0.2, 0) is 4.79 Å². The van der Waals surface area contributed by atoms with Gasteiger partial charge in [0, 0.05) is 35.8 Å². The van der Waals surface area contributed by atoms with E-state index in [1.54, 1.807) is 36.2 Å². The molecule has 1 aliphatic heterocycles. The lowest BCUT2D eigenvalue weighted by molar-refractivity contribution is -0.589. The minimum atomic E-state index is -0.327. The maximum atomic E-state index is 12.0. The fraction of sp³-hybridized carbons (Fsp3) is 0. The van der Waals surface area contributed by atoms with Crippen LogP contribution in [0.25, 0.3) is 11.6 Å². The maximum Gasteiger partial charge on any atom is 0.248 e. The van der Waals surface area contributed by atoms with E-state index in [1.165, 1.54) is 18.2 Å². The topological polar surface area (TPSA) is 91.2 Å². The van der Waals surface area contributed by atoms with E-state index >= 15 is 0 Å². The first-order chi connectivity index (χ1) is 11.6. The molecule has 0 saturated carbocycles. The number of carbonyl (C=O) groups is 1. The summed E-state index contributed by atoms with van der Waals surface area (Å²) in [5, 5.41) is 16.5. The summed E-state index contributed by atoms with van der Waals surface area (Å²) in [7, 11) is 0. The van der Waals surface area contributed by atoms with Gasteiger partial charge in [-0.05, 0) is 29.8 Å². The van der Waals surface area contributed by atoms with E-state index in [0.29, 0.717) is 5.69 Å². The molecule has 4 N–H and O–H groups in total. The van der Waals surface area contributed by atoms with Gasteiger partial charge < -0.3 is 10.4 Å². The van der Waals surface area contributed by atoms with Crippen LogP contribution < -0.4 is 10.7 Å². The van der Waals surface area contributed by atoms with Gasteiger partial charge in [-0.1, -0.05) is 16.7 Å². The number of pyridine rings is 1. The number of aromatic nitrogens is 1. The second-order valence-electron chi connectivity index (χ2n) is 5.00. The van der Waals surface area contributed by atoms with Gasteiger partial charge in [0.2, 0.25) is 5.91 Å². The molecule has 1 amide bonds. The van der Waals surface area contributed by atoms with Crippen LogP contribution in [0.2, 0.25) is 5.02 Å². The molecule has 6 nitrogen and oxygen atoms in total. The Labute approximate surface area is 143 Å². The molecule has 3 rings (SSSR count). The van der Waals surface area contributed by atoms with Gasteiger partial charge in [-0.3, -0.25) is 9.78 Å². The highest BCUT2D eigenvalue weighted by atomic mass is 35.5. The van der Waals surface area contributed by atoms with E-state index in [9.17, 15) is 9.90 Å². The number of phenolic OH excluding ortho intramolecular Hbond substituents is 1. The van der Waals surface area contributed by atoms with Crippen LogP contribution in [0.1, 0.15) is 11.1 Å². The van der Waals surface area contributed by atoms with Gasteiger partial charge in [-0.15, -0.1) is 0 Å². The molecule has 0 unspecified atom stereocenters. The minimum Gasteiger partial charge on any atom is -0.506 e. The average Bonchev–Trinajstić information content (AvgIpc) is 3.11. The molecule has 0 saturated heterocycles. The largest absolute Gasteiger partial charge is 0.506 e. The van der Waals surface area contributed by atoms with Crippen LogP contribution in [-0.4, -0.2) is 22.2 Å². The van der Waals surface area contributed by atoms with Crippen LogP contribution in [0.15, 0.2) is 54.0 Å². The van der Waals surface area contributed by atoms with Gasteiger partial charge in [0.15, 0.2) is 0 Å². The molecule has 1 aliphatic rings. The molecule has 0 aliphatic carbocycles. The number of quaternary nitrogens is 1. The average molecular weight is 342 g/mol. The Morgan fingerprint density at radius 1 is 1.33 bits per heavy atom. The number of nitrogens with zero attached hydrogens (tertiary/aromatic N) is 2. The second-order valence-corrected chi connectivity index (χ2v) is 5.41. The summed E-state index contributed by atoms with van der Waals surface area (Å²) in [6.45, 7) is 0. The highest BCUT2D eigenvalue weighted by molar-refractivity contribution is 6.32. The molecule has 0 bridgehead atoms. The van der Waals surface area contributed by atoms with Crippen LogP contribution in [0.4, 0.5) is 5.69 Å². The molecule has 0 atom stereocenters. The third kappa shape index (κ3) is 3.68. The monoisotopic (exact) mass is 341 g/mol. The number of nitrogens with one attached hydrogen (secondary N) is 1. The minimum absolute atomic E-state index is 0.0864. The Morgan fingerprint density at radius 2 is 2.21 bits per heavy atom. The van der Waals surface area contributed by atoms with Crippen molar-refractivity contribution in [3.05, 3.63) is 65.1 Å². The van der Waals surface area contributed by atoms with Crippen molar-refractivity contribution in [3.8, 4) is 5.75 Å². The zero-order valence-electron chi connectivity index (χ0n) is 12.5.